The summed E-state index contributed by atoms with van der Waals surface area (Å²) >= 11 is 0. The van der Waals surface area contributed by atoms with Crippen LogP contribution in [0.3, 0.4) is 0 Å². The molecule has 0 heteroatoms. The van der Waals surface area contributed by atoms with E-state index in [1.807, 2.05) is 0 Å². The smallest absolute Gasteiger partial charge is 0.0159 e. The second-order valence-electron chi connectivity index (χ2n) is 26.4. The molecule has 0 atom stereocenters. The summed E-state index contributed by atoms with van der Waals surface area (Å²) in [5.74, 6) is 0. The second-order valence-corrected chi connectivity index (χ2v) is 26.4. The van der Waals surface area contributed by atoms with E-state index in [-0.39, 0.29) is 16.2 Å². The highest BCUT2D eigenvalue weighted by Gasteiger charge is 2.38. The lowest BCUT2D eigenvalue weighted by Crippen LogP contribution is -2.15. The van der Waals surface area contributed by atoms with Gasteiger partial charge in [-0.2, -0.15) is 0 Å². The van der Waals surface area contributed by atoms with Crippen LogP contribution < -0.4 is 0 Å². The minimum atomic E-state index is -0.156. The predicted octanol–water partition coefficient (Wildman–Crippen LogP) is 23.0. The molecule has 4 aliphatic rings. The van der Waals surface area contributed by atoms with Crippen LogP contribution in [-0.4, -0.2) is 0 Å². The van der Waals surface area contributed by atoms with Crippen LogP contribution in [0.2, 0.25) is 0 Å². The zero-order valence-corrected chi connectivity index (χ0v) is 49.1. The maximum Gasteiger partial charge on any atom is 0.0159 e. The molecule has 0 heterocycles. The van der Waals surface area contributed by atoms with Gasteiger partial charge in [0.25, 0.3) is 0 Å². The topological polar surface area (TPSA) is 0 Å². The summed E-state index contributed by atoms with van der Waals surface area (Å²) in [7, 11) is 0. The summed E-state index contributed by atoms with van der Waals surface area (Å²) in [5.41, 5.74) is 35.6. The summed E-state index contributed by atoms with van der Waals surface area (Å²) in [4.78, 5) is 0. The fourth-order valence-corrected chi connectivity index (χ4v) is 14.8. The molecule has 16 rings (SSSR count). The molecular formula is C84H66. The maximum atomic E-state index is 2.49. The molecule has 0 saturated carbocycles. The lowest BCUT2D eigenvalue weighted by Gasteiger charge is -2.32. The number of allylic oxidation sites excluding steroid dienone is 3. The van der Waals surface area contributed by atoms with E-state index in [4.69, 9.17) is 0 Å². The molecular weight excluding hydrogens is 1010 g/mol. The van der Waals surface area contributed by atoms with E-state index < -0.39 is 0 Å². The van der Waals surface area contributed by atoms with Crippen LogP contribution in [-0.2, 0) is 17.3 Å². The number of benzene rings is 12. The van der Waals surface area contributed by atoms with E-state index in [0.717, 1.165) is 12.8 Å². The molecule has 0 nitrogen and oxygen atoms in total. The molecule has 0 amide bonds. The zero-order chi connectivity index (χ0) is 56.8. The fourth-order valence-electron chi connectivity index (χ4n) is 14.8. The van der Waals surface area contributed by atoms with Crippen molar-refractivity contribution < 1.29 is 0 Å². The van der Waals surface area contributed by atoms with Gasteiger partial charge < -0.3 is 0 Å². The molecule has 0 unspecified atom stereocenters. The van der Waals surface area contributed by atoms with E-state index in [1.54, 1.807) is 0 Å². The second kappa shape index (κ2) is 18.6. The number of fused-ring (bicyclic) bond motifs is 7. The average Bonchev–Trinajstić information content (AvgIpc) is 1.51. The Labute approximate surface area is 495 Å². The van der Waals surface area contributed by atoms with Gasteiger partial charge in [-0.25, -0.2) is 0 Å². The fraction of sp³-hybridized carbons (Fsp3) is 0.143. The monoisotopic (exact) mass is 1070 g/mol. The lowest BCUT2D eigenvalue weighted by atomic mass is 9.72. The van der Waals surface area contributed by atoms with Gasteiger partial charge in [-0.05, 0) is 215 Å². The summed E-state index contributed by atoms with van der Waals surface area (Å²) in [5, 5.41) is 5.35. The van der Waals surface area contributed by atoms with Gasteiger partial charge in [-0.1, -0.05) is 272 Å². The minimum Gasteiger partial charge on any atom is -0.0759 e. The van der Waals surface area contributed by atoms with Crippen LogP contribution in [0.1, 0.15) is 93.8 Å². The molecule has 0 radical (unpaired) electrons. The molecule has 0 saturated heterocycles. The zero-order valence-electron chi connectivity index (χ0n) is 49.1. The van der Waals surface area contributed by atoms with Crippen molar-refractivity contribution in [1.29, 1.82) is 0 Å². The van der Waals surface area contributed by atoms with Gasteiger partial charge in [0, 0.05) is 10.8 Å². The van der Waals surface area contributed by atoms with Crippen LogP contribution in [0.25, 0.3) is 133 Å². The van der Waals surface area contributed by atoms with Crippen LogP contribution in [0, 0.1) is 5.41 Å². The van der Waals surface area contributed by atoms with Gasteiger partial charge in [0.05, 0.1) is 0 Å². The first-order valence-corrected chi connectivity index (χ1v) is 30.2. The average molecular weight is 1080 g/mol. The summed E-state index contributed by atoms with van der Waals surface area (Å²) < 4.78 is 0. The van der Waals surface area contributed by atoms with Crippen LogP contribution in [0.4, 0.5) is 0 Å². The van der Waals surface area contributed by atoms with Crippen molar-refractivity contribution in [3.8, 4) is 100 Å². The first kappa shape index (κ1) is 50.4. The van der Waals surface area contributed by atoms with Gasteiger partial charge >= 0.3 is 0 Å². The van der Waals surface area contributed by atoms with Gasteiger partial charge in [-0.15, -0.1) is 0 Å². The van der Waals surface area contributed by atoms with Crippen molar-refractivity contribution in [2.75, 3.05) is 0 Å². The maximum absolute atomic E-state index is 2.49. The Balaban J connectivity index is 0.620. The normalized spacial score (nSPS) is 14.8. The minimum absolute atomic E-state index is 0.156. The van der Waals surface area contributed by atoms with Crippen LogP contribution in [0.5, 0.6) is 0 Å². The lowest BCUT2D eigenvalue weighted by molar-refractivity contribution is 0.498. The van der Waals surface area contributed by atoms with Crippen LogP contribution in [0.15, 0.2) is 248 Å². The Kier molecular flexibility index (Phi) is 11.1. The summed E-state index contributed by atoms with van der Waals surface area (Å²) in [6.45, 7) is 16.7. The van der Waals surface area contributed by atoms with Crippen LogP contribution >= 0.6 is 0 Å². The quantitative estimate of drug-likeness (QED) is 0.149. The predicted molar refractivity (Wildman–Crippen MR) is 358 cm³/mol. The molecule has 12 aromatic rings. The van der Waals surface area contributed by atoms with Crippen molar-refractivity contribution >= 4 is 33.2 Å². The van der Waals surface area contributed by atoms with E-state index in [2.05, 4.69) is 297 Å². The van der Waals surface area contributed by atoms with Crippen molar-refractivity contribution in [3.05, 3.63) is 287 Å². The molecule has 0 bridgehead atoms. The third-order valence-corrected chi connectivity index (χ3v) is 19.8. The molecule has 402 valence electrons. The number of rotatable bonds is 7. The Hall–Kier alpha value is -9.36. The van der Waals surface area contributed by atoms with Gasteiger partial charge in [0.15, 0.2) is 0 Å². The Bertz CT molecular complexity index is 4790. The third-order valence-electron chi connectivity index (χ3n) is 19.8. The molecule has 0 aromatic heterocycles. The van der Waals surface area contributed by atoms with E-state index >= 15 is 0 Å². The molecule has 0 aliphatic heterocycles. The Morgan fingerprint density at radius 3 is 1.15 bits per heavy atom. The molecule has 4 aliphatic carbocycles. The first-order valence-electron chi connectivity index (χ1n) is 30.2. The largest absolute Gasteiger partial charge is 0.0759 e. The van der Waals surface area contributed by atoms with Crippen molar-refractivity contribution in [1.82, 2.24) is 0 Å². The SMILES string of the molecule is CC(C)(C)C1=Cc2ccc3c(-c4ccc(-c5ccc6c(c5)C(C)(C)c5cc(-c7ccc8c(c7)C(C)(C)c7cc(-c9ccc(-c%10ccc(-c%11ccc(-c%12ccc%13ccccc%13c%12)cc%11)cc%10)cc9)ccc7-8)ccc5-6)cc4)ccc4c3c2C(=CC4)C1. The summed E-state index contributed by atoms with van der Waals surface area (Å²) in [6, 6.07) is 89.8. The van der Waals surface area contributed by atoms with Gasteiger partial charge in [0.2, 0.25) is 0 Å². The molecule has 12 aromatic carbocycles. The standard InChI is InChI=1S/C84H66/c1-82(2,3)69-45-67-31-29-60-32-38-70(75-43-37-68(46-69)80(67)81(60)75)59-27-24-58(25-28-59)64-34-40-72-74-42-36-66(50-79(74)84(6,7)77(72)48-64)65-35-41-73-71-39-33-63(47-76(71)83(4,5)78(73)49-65)57-22-18-55(19-23-57)53-14-12-52(13-15-53)54-16-20-56(21-17-54)62-30-26-51-10-8-9-11-61(51)44-62/h8-28,30-44,46-50H,29,45H2,1-7H3. The molecule has 84 heavy (non-hydrogen) atoms. The summed E-state index contributed by atoms with van der Waals surface area (Å²) in [6.07, 6.45) is 7.00. The van der Waals surface area contributed by atoms with Crippen molar-refractivity contribution in [3.63, 3.8) is 0 Å². The van der Waals surface area contributed by atoms with E-state index in [9.17, 15) is 0 Å². The molecule has 0 N–H and O–H groups in total. The Morgan fingerprint density at radius 2 is 0.702 bits per heavy atom. The third kappa shape index (κ3) is 8.02. The molecule has 0 fully saturated rings. The molecule has 0 spiro atoms. The van der Waals surface area contributed by atoms with E-state index in [1.165, 1.54) is 172 Å². The van der Waals surface area contributed by atoms with Crippen molar-refractivity contribution in [2.45, 2.75) is 72.1 Å². The van der Waals surface area contributed by atoms with Gasteiger partial charge in [0.1, 0.15) is 0 Å². The number of hydrogen-bond donors (Lipinski definition) is 0. The van der Waals surface area contributed by atoms with Crippen molar-refractivity contribution in [2.24, 2.45) is 5.41 Å². The van der Waals surface area contributed by atoms with E-state index in [0.29, 0.717) is 0 Å². The highest BCUT2D eigenvalue weighted by Crippen LogP contribution is 2.54. The highest BCUT2D eigenvalue weighted by atomic mass is 14.4. The number of hydrogen-bond acceptors (Lipinski definition) is 0. The van der Waals surface area contributed by atoms with Gasteiger partial charge in [-0.3, -0.25) is 0 Å². The first-order chi connectivity index (χ1) is 40.7. The highest BCUT2D eigenvalue weighted by molar-refractivity contribution is 6.09. The Morgan fingerprint density at radius 1 is 0.333 bits per heavy atom.